The lowest BCUT2D eigenvalue weighted by molar-refractivity contribution is 0.0655. The van der Waals surface area contributed by atoms with Crippen molar-refractivity contribution < 1.29 is 5.11 Å². The van der Waals surface area contributed by atoms with Crippen molar-refractivity contribution in [2.24, 2.45) is 17.4 Å². The molecule has 0 heterocycles. The van der Waals surface area contributed by atoms with Crippen molar-refractivity contribution in [3.8, 4) is 0 Å². The molecule has 5 N–H and O–H groups in total. The lowest BCUT2D eigenvalue weighted by Crippen LogP contribution is -2.58. The fourth-order valence-electron chi connectivity index (χ4n) is 0.902. The molecule has 0 radical (unpaired) electrons. The van der Waals surface area contributed by atoms with Gasteiger partial charge in [-0.3, -0.25) is 0 Å². The third-order valence-electron chi connectivity index (χ3n) is 1.93. The lowest BCUT2D eigenvalue weighted by Gasteiger charge is -2.29. The molecule has 0 aromatic heterocycles. The molecule has 0 rings (SSSR count). The molecule has 0 aromatic carbocycles. The second kappa shape index (κ2) is 4.04. The van der Waals surface area contributed by atoms with E-state index in [4.69, 9.17) is 11.5 Å². The smallest absolute Gasteiger partial charge is 0.0900 e. The van der Waals surface area contributed by atoms with Gasteiger partial charge in [-0.15, -0.1) is 0 Å². The van der Waals surface area contributed by atoms with Crippen molar-refractivity contribution in [1.29, 1.82) is 0 Å². The second-order valence-electron chi connectivity index (χ2n) is 3.61. The van der Waals surface area contributed by atoms with Crippen molar-refractivity contribution in [1.82, 2.24) is 0 Å². The summed E-state index contributed by atoms with van der Waals surface area (Å²) in [6, 6.07) is 0. The third-order valence-corrected chi connectivity index (χ3v) is 1.93. The van der Waals surface area contributed by atoms with Crippen LogP contribution in [0.5, 0.6) is 0 Å². The Kier molecular flexibility index (Phi) is 4.00. The largest absolute Gasteiger partial charge is 0.390 e. The molecule has 0 saturated heterocycles. The number of nitrogens with two attached hydrogens (primary N) is 2. The first-order chi connectivity index (χ1) is 4.90. The highest BCUT2D eigenvalue weighted by atomic mass is 16.3. The fraction of sp³-hybridized carbons (Fsp3) is 1.00. The van der Waals surface area contributed by atoms with Crippen LogP contribution >= 0.6 is 0 Å². The van der Waals surface area contributed by atoms with E-state index in [0.717, 1.165) is 0 Å². The zero-order valence-corrected chi connectivity index (χ0v) is 7.67. The van der Waals surface area contributed by atoms with Gasteiger partial charge in [0.05, 0.1) is 11.8 Å². The van der Waals surface area contributed by atoms with Crippen LogP contribution in [0.25, 0.3) is 0 Å². The summed E-state index contributed by atoms with van der Waals surface area (Å²) in [6.45, 7) is 5.95. The first kappa shape index (κ1) is 10.9. The van der Waals surface area contributed by atoms with Gasteiger partial charge in [0.15, 0.2) is 0 Å². The lowest BCUT2D eigenvalue weighted by atomic mass is 9.94. The maximum atomic E-state index is 9.50. The van der Waals surface area contributed by atoms with Gasteiger partial charge in [0.2, 0.25) is 0 Å². The molecule has 0 bridgehead atoms. The highest BCUT2D eigenvalue weighted by Gasteiger charge is 2.27. The summed E-state index contributed by atoms with van der Waals surface area (Å²) >= 11 is 0. The molecule has 68 valence electrons. The van der Waals surface area contributed by atoms with Crippen LogP contribution in [0.2, 0.25) is 0 Å². The minimum atomic E-state index is -0.912. The molecular formula is C8H20N2O. The third kappa shape index (κ3) is 3.70. The van der Waals surface area contributed by atoms with Gasteiger partial charge in [-0.25, -0.2) is 0 Å². The fourth-order valence-corrected chi connectivity index (χ4v) is 0.902. The van der Waals surface area contributed by atoms with Gasteiger partial charge in [0.25, 0.3) is 0 Å². The summed E-state index contributed by atoms with van der Waals surface area (Å²) in [6.07, 6.45) is 0.675. The number of aliphatic hydroxyl groups is 1. The van der Waals surface area contributed by atoms with Crippen LogP contribution in [0.4, 0.5) is 0 Å². The first-order valence-electron chi connectivity index (χ1n) is 4.16. The SMILES string of the molecule is CCC(N)(N)C(O)CC(C)C. The van der Waals surface area contributed by atoms with E-state index >= 15 is 0 Å². The Morgan fingerprint density at radius 2 is 1.82 bits per heavy atom. The molecule has 0 aliphatic heterocycles. The van der Waals surface area contributed by atoms with E-state index in [-0.39, 0.29) is 0 Å². The Morgan fingerprint density at radius 3 is 2.09 bits per heavy atom. The van der Waals surface area contributed by atoms with Crippen molar-refractivity contribution in [2.75, 3.05) is 0 Å². The number of hydrogen-bond donors (Lipinski definition) is 3. The van der Waals surface area contributed by atoms with Gasteiger partial charge in [-0.2, -0.15) is 0 Å². The minimum Gasteiger partial charge on any atom is -0.390 e. The van der Waals surface area contributed by atoms with E-state index in [1.165, 1.54) is 0 Å². The van der Waals surface area contributed by atoms with E-state index in [1.807, 2.05) is 20.8 Å². The summed E-state index contributed by atoms with van der Waals surface area (Å²) in [5.74, 6) is 0.433. The predicted molar refractivity (Wildman–Crippen MR) is 46.9 cm³/mol. The van der Waals surface area contributed by atoms with Crippen LogP contribution in [0.1, 0.15) is 33.6 Å². The Morgan fingerprint density at radius 1 is 1.36 bits per heavy atom. The molecule has 0 aliphatic rings. The van der Waals surface area contributed by atoms with E-state index < -0.39 is 11.8 Å². The van der Waals surface area contributed by atoms with Crippen LogP contribution in [0.15, 0.2) is 0 Å². The molecular weight excluding hydrogens is 140 g/mol. The van der Waals surface area contributed by atoms with Gasteiger partial charge < -0.3 is 16.6 Å². The zero-order valence-electron chi connectivity index (χ0n) is 7.67. The van der Waals surface area contributed by atoms with Gasteiger partial charge in [0, 0.05) is 0 Å². The average Bonchev–Trinajstić information content (AvgIpc) is 1.86. The van der Waals surface area contributed by atoms with E-state index in [0.29, 0.717) is 18.8 Å². The molecule has 0 spiro atoms. The molecule has 1 unspecified atom stereocenters. The van der Waals surface area contributed by atoms with E-state index in [2.05, 4.69) is 0 Å². The number of hydrogen-bond acceptors (Lipinski definition) is 3. The van der Waals surface area contributed by atoms with Crippen molar-refractivity contribution in [3.63, 3.8) is 0 Å². The van der Waals surface area contributed by atoms with Crippen molar-refractivity contribution in [3.05, 3.63) is 0 Å². The van der Waals surface area contributed by atoms with Gasteiger partial charge in [0.1, 0.15) is 0 Å². The topological polar surface area (TPSA) is 72.3 Å². The maximum absolute atomic E-state index is 9.50. The predicted octanol–water partition coefficient (Wildman–Crippen LogP) is 0.417. The maximum Gasteiger partial charge on any atom is 0.0900 e. The standard InChI is InChI=1S/C8H20N2O/c1-4-8(9,10)7(11)5-6(2)3/h6-7,11H,4-5,9-10H2,1-3H3. The first-order valence-corrected chi connectivity index (χ1v) is 4.16. The molecule has 0 amide bonds. The van der Waals surface area contributed by atoms with E-state index in [1.54, 1.807) is 0 Å². The van der Waals surface area contributed by atoms with Crippen LogP contribution in [-0.2, 0) is 0 Å². The molecule has 0 aromatic rings. The van der Waals surface area contributed by atoms with Gasteiger partial charge >= 0.3 is 0 Å². The van der Waals surface area contributed by atoms with Crippen LogP contribution in [0.3, 0.4) is 0 Å². The van der Waals surface area contributed by atoms with Crippen molar-refractivity contribution in [2.45, 2.75) is 45.4 Å². The highest BCUT2D eigenvalue weighted by Crippen LogP contribution is 2.13. The summed E-state index contributed by atoms with van der Waals surface area (Å²) < 4.78 is 0. The molecule has 11 heavy (non-hydrogen) atoms. The average molecular weight is 160 g/mol. The zero-order chi connectivity index (χ0) is 9.07. The van der Waals surface area contributed by atoms with Crippen LogP contribution in [-0.4, -0.2) is 16.9 Å². The van der Waals surface area contributed by atoms with Crippen molar-refractivity contribution >= 4 is 0 Å². The summed E-state index contributed by atoms with van der Waals surface area (Å²) in [5, 5.41) is 9.50. The molecule has 0 fully saturated rings. The highest BCUT2D eigenvalue weighted by molar-refractivity contribution is 4.84. The Hall–Kier alpha value is -0.120. The Bertz CT molecular complexity index is 113. The normalized spacial score (nSPS) is 15.5. The summed E-state index contributed by atoms with van der Waals surface area (Å²) in [7, 11) is 0. The Balaban J connectivity index is 3.90. The molecule has 3 nitrogen and oxygen atoms in total. The molecule has 1 atom stereocenters. The summed E-state index contributed by atoms with van der Waals surface area (Å²) in [4.78, 5) is 0. The van der Waals surface area contributed by atoms with Gasteiger partial charge in [-0.1, -0.05) is 20.8 Å². The van der Waals surface area contributed by atoms with Gasteiger partial charge in [-0.05, 0) is 18.8 Å². The minimum absolute atomic E-state index is 0.433. The number of rotatable bonds is 4. The Labute approximate surface area is 68.8 Å². The summed E-state index contributed by atoms with van der Waals surface area (Å²) in [5.41, 5.74) is 10.4. The monoisotopic (exact) mass is 160 g/mol. The van der Waals surface area contributed by atoms with Crippen LogP contribution in [0, 0.1) is 5.92 Å². The molecule has 3 heteroatoms. The van der Waals surface area contributed by atoms with E-state index in [9.17, 15) is 5.11 Å². The second-order valence-corrected chi connectivity index (χ2v) is 3.61. The molecule has 0 saturated carbocycles. The number of aliphatic hydroxyl groups excluding tert-OH is 1. The quantitative estimate of drug-likeness (QED) is 0.522. The van der Waals surface area contributed by atoms with Crippen LogP contribution < -0.4 is 11.5 Å². The molecule has 0 aliphatic carbocycles.